The van der Waals surface area contributed by atoms with E-state index in [1.54, 1.807) is 0 Å². The van der Waals surface area contributed by atoms with Crippen molar-refractivity contribution in [2.24, 2.45) is 0 Å². The van der Waals surface area contributed by atoms with E-state index in [1.807, 2.05) is 6.79 Å². The van der Waals surface area contributed by atoms with Gasteiger partial charge in [-0.1, -0.05) is 0 Å². The molecule has 0 spiro atoms. The molecule has 0 radical (unpaired) electrons. The summed E-state index contributed by atoms with van der Waals surface area (Å²) in [5, 5.41) is 0. The number of rotatable bonds is 0. The molecule has 5 nitrogen and oxygen atoms in total. The Balaban J connectivity index is -0.0000000339. The van der Waals surface area contributed by atoms with Gasteiger partial charge in [-0.15, -0.1) is 0 Å². The van der Waals surface area contributed by atoms with Crippen molar-refractivity contribution in [2.45, 2.75) is 13.8 Å². The Hall–Kier alpha value is 0.410. The maximum atomic E-state index is 9.44. The summed E-state index contributed by atoms with van der Waals surface area (Å²) < 4.78 is 24.1. The van der Waals surface area contributed by atoms with Crippen molar-refractivity contribution < 1.29 is 52.5 Å². The van der Waals surface area contributed by atoms with Crippen LogP contribution in [-0.4, -0.2) is 25.9 Å². The zero-order valence-electron chi connectivity index (χ0n) is 6.70. The molecule has 0 heterocycles. The standard InChI is InChI=1S/C3H6O.CH2O.Na.H2O3S/c1-3(2)4;1-2;;1-4(2)3/h1-2H3;1H2;;(H2,1,2,3)/q;;+1;/p-1. The molecule has 0 rings (SSSR count). The summed E-state index contributed by atoms with van der Waals surface area (Å²) in [5.74, 6) is 0.167. The number of hydrogen-bond acceptors (Lipinski definition) is 4. The average molecular weight is 192 g/mol. The van der Waals surface area contributed by atoms with Gasteiger partial charge >= 0.3 is 29.6 Å². The molecule has 62 valence electrons. The molecule has 0 aliphatic rings. The van der Waals surface area contributed by atoms with Crippen LogP contribution in [0.2, 0.25) is 0 Å². The first-order chi connectivity index (χ1) is 4.46. The predicted octanol–water partition coefficient (Wildman–Crippen LogP) is -3.25. The van der Waals surface area contributed by atoms with Gasteiger partial charge in [-0.05, 0) is 13.8 Å². The van der Waals surface area contributed by atoms with Crippen LogP contribution >= 0.6 is 0 Å². The second kappa shape index (κ2) is 22.4. The van der Waals surface area contributed by atoms with Crippen LogP contribution in [0, 0.1) is 0 Å². The molecule has 0 aromatic heterocycles. The van der Waals surface area contributed by atoms with E-state index in [9.17, 15) is 4.79 Å². The molecule has 0 bridgehead atoms. The summed E-state index contributed by atoms with van der Waals surface area (Å²) in [6, 6.07) is 0. The van der Waals surface area contributed by atoms with Crippen LogP contribution in [0.5, 0.6) is 0 Å². The topological polar surface area (TPSA) is 94.5 Å². The quantitative estimate of drug-likeness (QED) is 0.321. The van der Waals surface area contributed by atoms with Gasteiger partial charge in [0.2, 0.25) is 0 Å². The van der Waals surface area contributed by atoms with Gasteiger partial charge in [-0.25, -0.2) is 4.21 Å². The Morgan fingerprint density at radius 3 is 1.45 bits per heavy atom. The summed E-state index contributed by atoms with van der Waals surface area (Å²) in [4.78, 5) is 17.4. The first-order valence-electron chi connectivity index (χ1n) is 2.01. The Morgan fingerprint density at radius 1 is 1.45 bits per heavy atom. The van der Waals surface area contributed by atoms with E-state index in [1.165, 1.54) is 13.8 Å². The van der Waals surface area contributed by atoms with Crippen LogP contribution in [0.15, 0.2) is 0 Å². The molecule has 0 aromatic carbocycles. The minimum Gasteiger partial charge on any atom is -0.750 e. The minimum atomic E-state index is -2.86. The molecule has 1 N–H and O–H groups in total. The molecular formula is C4H9NaO5S. The van der Waals surface area contributed by atoms with Gasteiger partial charge in [0.25, 0.3) is 0 Å². The maximum Gasteiger partial charge on any atom is 1.00 e. The maximum absolute atomic E-state index is 9.44. The molecule has 0 fully saturated rings. The molecule has 11 heavy (non-hydrogen) atoms. The van der Waals surface area contributed by atoms with Crippen molar-refractivity contribution in [1.82, 2.24) is 0 Å². The van der Waals surface area contributed by atoms with Gasteiger partial charge in [0.1, 0.15) is 12.6 Å². The number of ketones is 1. The van der Waals surface area contributed by atoms with Crippen LogP contribution < -0.4 is 29.6 Å². The Bertz CT molecular complexity index is 86.7. The third kappa shape index (κ3) is 4380. The van der Waals surface area contributed by atoms with Crippen LogP contribution in [0.3, 0.4) is 0 Å². The molecule has 0 aliphatic carbocycles. The monoisotopic (exact) mass is 192 g/mol. The van der Waals surface area contributed by atoms with Crippen molar-refractivity contribution in [2.75, 3.05) is 0 Å². The molecule has 0 aromatic rings. The smallest absolute Gasteiger partial charge is 0.750 e. The third-order valence-electron chi connectivity index (χ3n) is 0. The second-order valence-corrected chi connectivity index (χ2v) is 1.56. The number of hydrogen-bond donors (Lipinski definition) is 1. The molecule has 0 saturated carbocycles. The number of carbonyl (C=O) groups excluding carboxylic acids is 2. The van der Waals surface area contributed by atoms with Crippen LogP contribution in [0.1, 0.15) is 13.8 Å². The molecule has 1 unspecified atom stereocenters. The Labute approximate surface area is 90.0 Å². The van der Waals surface area contributed by atoms with Gasteiger partial charge < -0.3 is 18.7 Å². The van der Waals surface area contributed by atoms with Gasteiger partial charge in [0, 0.05) is 0 Å². The molecule has 1 atom stereocenters. The van der Waals surface area contributed by atoms with E-state index in [0.29, 0.717) is 0 Å². The molecule has 7 heteroatoms. The fourth-order valence-electron chi connectivity index (χ4n) is 0. The van der Waals surface area contributed by atoms with Crippen molar-refractivity contribution >= 4 is 23.9 Å². The molecule has 0 aliphatic heterocycles. The fourth-order valence-corrected chi connectivity index (χ4v) is 0. The molecule has 0 amide bonds. The fraction of sp³-hybridized carbons (Fsp3) is 0.500. The normalized spacial score (nSPS) is 8.36. The van der Waals surface area contributed by atoms with Crippen LogP contribution in [0.25, 0.3) is 0 Å². The summed E-state index contributed by atoms with van der Waals surface area (Å²) in [5.41, 5.74) is 0. The SMILES string of the molecule is C=O.CC(C)=O.O=S([O-])O.[Na+]. The predicted molar refractivity (Wildman–Crippen MR) is 35.0 cm³/mol. The summed E-state index contributed by atoms with van der Waals surface area (Å²) in [6.45, 7) is 5.06. The molecular weight excluding hydrogens is 183 g/mol. The largest absolute Gasteiger partial charge is 1.00 e. The zero-order chi connectivity index (χ0) is 9.15. The first-order valence-corrected chi connectivity index (χ1v) is 3.04. The Morgan fingerprint density at radius 2 is 1.45 bits per heavy atom. The van der Waals surface area contributed by atoms with E-state index in [4.69, 9.17) is 18.1 Å². The summed E-state index contributed by atoms with van der Waals surface area (Å²) >= 11 is -2.86. The van der Waals surface area contributed by atoms with Crippen LogP contribution in [-0.2, 0) is 21.0 Å². The number of Topliss-reactive ketones (excluding diaryl/α,β-unsaturated/α-hetero) is 1. The van der Waals surface area contributed by atoms with Crippen LogP contribution in [0.4, 0.5) is 0 Å². The average Bonchev–Trinajstić information content (AvgIpc) is 1.66. The van der Waals surface area contributed by atoms with Crippen molar-refractivity contribution in [3.63, 3.8) is 0 Å². The van der Waals surface area contributed by atoms with Crippen molar-refractivity contribution in [3.05, 3.63) is 0 Å². The minimum absolute atomic E-state index is 0. The summed E-state index contributed by atoms with van der Waals surface area (Å²) in [7, 11) is 0. The van der Waals surface area contributed by atoms with E-state index < -0.39 is 11.4 Å². The van der Waals surface area contributed by atoms with E-state index in [0.717, 1.165) is 0 Å². The molecule has 0 saturated heterocycles. The summed E-state index contributed by atoms with van der Waals surface area (Å²) in [6.07, 6.45) is 0. The van der Waals surface area contributed by atoms with Gasteiger partial charge in [0.05, 0.1) is 11.4 Å². The Kier molecular flexibility index (Phi) is 45.9. The zero-order valence-corrected chi connectivity index (χ0v) is 9.51. The van der Waals surface area contributed by atoms with Gasteiger partial charge in [0.15, 0.2) is 0 Å². The van der Waals surface area contributed by atoms with Gasteiger partial charge in [-0.2, -0.15) is 0 Å². The van der Waals surface area contributed by atoms with Crippen molar-refractivity contribution in [3.8, 4) is 0 Å². The number of carbonyl (C=O) groups is 2. The van der Waals surface area contributed by atoms with E-state index >= 15 is 0 Å². The third-order valence-corrected chi connectivity index (χ3v) is 0. The second-order valence-electron chi connectivity index (χ2n) is 1.13. The van der Waals surface area contributed by atoms with Gasteiger partial charge in [-0.3, -0.25) is 0 Å². The van der Waals surface area contributed by atoms with E-state index in [-0.39, 0.29) is 35.3 Å². The van der Waals surface area contributed by atoms with E-state index in [2.05, 4.69) is 0 Å². The van der Waals surface area contributed by atoms with Crippen molar-refractivity contribution in [1.29, 1.82) is 0 Å². The first kappa shape index (κ1) is 22.5.